The van der Waals surface area contributed by atoms with Crippen molar-refractivity contribution in [3.63, 3.8) is 0 Å². The Balaban J connectivity index is 3.01. The van der Waals surface area contributed by atoms with E-state index in [0.29, 0.717) is 0 Å². The minimum atomic E-state index is -4.45. The molecule has 0 unspecified atom stereocenters. The number of aryl methyl sites for hydroxylation is 1. The number of aromatic nitrogens is 1. The van der Waals surface area contributed by atoms with E-state index in [-0.39, 0.29) is 19.6 Å². The maximum absolute atomic E-state index is 12.3. The summed E-state index contributed by atoms with van der Waals surface area (Å²) in [5.41, 5.74) is -1.36. The van der Waals surface area contributed by atoms with Gasteiger partial charge in [-0.1, -0.05) is 0 Å². The molecule has 0 saturated heterocycles. The van der Waals surface area contributed by atoms with Gasteiger partial charge in [-0.05, 0) is 12.5 Å². The van der Waals surface area contributed by atoms with Crippen LogP contribution in [-0.2, 0) is 12.7 Å². The smallest absolute Gasteiger partial charge is 0.396 e. The van der Waals surface area contributed by atoms with Crippen molar-refractivity contribution in [1.82, 2.24) is 4.57 Å². The van der Waals surface area contributed by atoms with Gasteiger partial charge < -0.3 is 9.67 Å². The van der Waals surface area contributed by atoms with Gasteiger partial charge in [-0.3, -0.25) is 4.79 Å². The molecule has 15 heavy (non-hydrogen) atoms. The van der Waals surface area contributed by atoms with Crippen LogP contribution in [0.25, 0.3) is 0 Å². The number of aliphatic hydroxyl groups excluding tert-OH is 1. The van der Waals surface area contributed by atoms with E-state index < -0.39 is 17.3 Å². The summed E-state index contributed by atoms with van der Waals surface area (Å²) in [5, 5.41) is 8.51. The zero-order valence-electron chi connectivity index (χ0n) is 7.79. The molecule has 0 spiro atoms. The number of aliphatic hydroxyl groups is 1. The van der Waals surface area contributed by atoms with Gasteiger partial charge in [-0.2, -0.15) is 13.2 Å². The molecular weight excluding hydrogens is 211 g/mol. The van der Waals surface area contributed by atoms with E-state index in [0.717, 1.165) is 22.9 Å². The molecule has 0 bridgehead atoms. The second kappa shape index (κ2) is 4.48. The third-order valence-corrected chi connectivity index (χ3v) is 1.87. The first-order valence-electron chi connectivity index (χ1n) is 4.33. The quantitative estimate of drug-likeness (QED) is 0.834. The largest absolute Gasteiger partial charge is 0.417 e. The lowest BCUT2D eigenvalue weighted by molar-refractivity contribution is -0.138. The summed E-state index contributed by atoms with van der Waals surface area (Å²) in [6, 6.07) is 1.62. The summed E-state index contributed by atoms with van der Waals surface area (Å²) in [6.45, 7) is -0.0814. The number of hydrogen-bond donors (Lipinski definition) is 1. The minimum Gasteiger partial charge on any atom is -0.396 e. The molecule has 3 nitrogen and oxygen atoms in total. The van der Waals surface area contributed by atoms with Crippen LogP contribution in [0.5, 0.6) is 0 Å². The van der Waals surface area contributed by atoms with Crippen LogP contribution in [0.4, 0.5) is 13.2 Å². The van der Waals surface area contributed by atoms with Crippen LogP contribution >= 0.6 is 0 Å². The van der Waals surface area contributed by atoms with Crippen LogP contribution in [0.2, 0.25) is 0 Å². The standard InChI is InChI=1S/C9H10F3NO2/c10-9(11,12)7-2-3-8(15)13(6-7)4-1-5-14/h2-3,6,14H,1,4-5H2. The molecule has 0 aromatic carbocycles. The summed E-state index contributed by atoms with van der Waals surface area (Å²) in [5.74, 6) is 0. The monoisotopic (exact) mass is 221 g/mol. The van der Waals surface area contributed by atoms with Crippen molar-refractivity contribution in [1.29, 1.82) is 0 Å². The van der Waals surface area contributed by atoms with Gasteiger partial charge in [0.2, 0.25) is 0 Å². The molecule has 0 atom stereocenters. The third kappa shape index (κ3) is 3.09. The maximum Gasteiger partial charge on any atom is 0.417 e. The van der Waals surface area contributed by atoms with Gasteiger partial charge in [0.1, 0.15) is 0 Å². The van der Waals surface area contributed by atoms with Crippen LogP contribution in [0, 0.1) is 0 Å². The molecule has 1 rings (SSSR count). The van der Waals surface area contributed by atoms with Gasteiger partial charge in [-0.15, -0.1) is 0 Å². The second-order valence-electron chi connectivity index (χ2n) is 3.02. The lowest BCUT2D eigenvalue weighted by Gasteiger charge is -2.09. The van der Waals surface area contributed by atoms with Gasteiger partial charge in [0.05, 0.1) is 5.56 Å². The molecule has 0 saturated carbocycles. The number of alkyl halides is 3. The van der Waals surface area contributed by atoms with Gasteiger partial charge in [0.25, 0.3) is 5.56 Å². The highest BCUT2D eigenvalue weighted by atomic mass is 19.4. The van der Waals surface area contributed by atoms with E-state index in [9.17, 15) is 18.0 Å². The zero-order chi connectivity index (χ0) is 11.5. The average molecular weight is 221 g/mol. The fourth-order valence-electron chi connectivity index (χ4n) is 1.11. The van der Waals surface area contributed by atoms with Crippen molar-refractivity contribution in [2.75, 3.05) is 6.61 Å². The van der Waals surface area contributed by atoms with Crippen molar-refractivity contribution < 1.29 is 18.3 Å². The molecule has 0 aliphatic rings. The third-order valence-electron chi connectivity index (χ3n) is 1.87. The normalized spacial score (nSPS) is 11.7. The lowest BCUT2D eigenvalue weighted by atomic mass is 10.2. The Morgan fingerprint density at radius 3 is 2.53 bits per heavy atom. The number of pyridine rings is 1. The molecule has 0 aliphatic carbocycles. The Labute approximate surface area is 83.8 Å². The Kier molecular flexibility index (Phi) is 3.52. The van der Waals surface area contributed by atoms with Crippen LogP contribution in [-0.4, -0.2) is 16.3 Å². The fourth-order valence-corrected chi connectivity index (χ4v) is 1.11. The predicted molar refractivity (Wildman–Crippen MR) is 47.4 cm³/mol. The average Bonchev–Trinajstić information content (AvgIpc) is 2.15. The number of nitrogens with zero attached hydrogens (tertiary/aromatic N) is 1. The summed E-state index contributed by atoms with van der Waals surface area (Å²) in [6.07, 6.45) is -3.44. The fraction of sp³-hybridized carbons (Fsp3) is 0.444. The van der Waals surface area contributed by atoms with Crippen LogP contribution in [0.15, 0.2) is 23.1 Å². The van der Waals surface area contributed by atoms with E-state index in [1.54, 1.807) is 0 Å². The van der Waals surface area contributed by atoms with E-state index in [1.165, 1.54) is 0 Å². The second-order valence-corrected chi connectivity index (χ2v) is 3.02. The first-order valence-corrected chi connectivity index (χ1v) is 4.33. The molecule has 0 radical (unpaired) electrons. The number of rotatable bonds is 3. The van der Waals surface area contributed by atoms with Crippen LogP contribution in [0.3, 0.4) is 0 Å². The zero-order valence-corrected chi connectivity index (χ0v) is 7.79. The van der Waals surface area contributed by atoms with Crippen LogP contribution < -0.4 is 5.56 Å². The molecule has 0 fully saturated rings. The molecule has 0 amide bonds. The SMILES string of the molecule is O=c1ccc(C(F)(F)F)cn1CCCO. The maximum atomic E-state index is 12.3. The molecular formula is C9H10F3NO2. The highest BCUT2D eigenvalue weighted by Gasteiger charge is 2.30. The topological polar surface area (TPSA) is 42.2 Å². The van der Waals surface area contributed by atoms with Gasteiger partial charge in [-0.25, -0.2) is 0 Å². The minimum absolute atomic E-state index is 0.0826. The molecule has 6 heteroatoms. The Hall–Kier alpha value is -1.30. The van der Waals surface area contributed by atoms with E-state index in [1.807, 2.05) is 0 Å². The number of halogens is 3. The number of hydrogen-bond acceptors (Lipinski definition) is 2. The summed E-state index contributed by atoms with van der Waals surface area (Å²) >= 11 is 0. The van der Waals surface area contributed by atoms with Gasteiger partial charge >= 0.3 is 6.18 Å². The molecule has 0 aliphatic heterocycles. The predicted octanol–water partition coefficient (Wildman–Crippen LogP) is 1.25. The molecule has 1 aromatic rings. The highest BCUT2D eigenvalue weighted by Crippen LogP contribution is 2.27. The van der Waals surface area contributed by atoms with Crippen LogP contribution in [0.1, 0.15) is 12.0 Å². The molecule has 1 N–H and O–H groups in total. The first kappa shape index (κ1) is 11.8. The van der Waals surface area contributed by atoms with E-state index >= 15 is 0 Å². The van der Waals surface area contributed by atoms with E-state index in [2.05, 4.69) is 0 Å². The molecule has 1 heterocycles. The van der Waals surface area contributed by atoms with E-state index in [4.69, 9.17) is 5.11 Å². The lowest BCUT2D eigenvalue weighted by Crippen LogP contribution is -2.21. The Morgan fingerprint density at radius 2 is 2.00 bits per heavy atom. The molecule has 1 aromatic heterocycles. The molecule has 84 valence electrons. The van der Waals surface area contributed by atoms with Crippen molar-refractivity contribution in [3.05, 3.63) is 34.2 Å². The van der Waals surface area contributed by atoms with Crippen molar-refractivity contribution in [2.24, 2.45) is 0 Å². The Morgan fingerprint density at radius 1 is 1.33 bits per heavy atom. The Bertz CT molecular complexity index is 384. The van der Waals surface area contributed by atoms with Crippen molar-refractivity contribution in [3.8, 4) is 0 Å². The van der Waals surface area contributed by atoms with Gasteiger partial charge in [0, 0.05) is 25.4 Å². The summed E-state index contributed by atoms with van der Waals surface area (Å²) < 4.78 is 37.7. The summed E-state index contributed by atoms with van der Waals surface area (Å²) in [4.78, 5) is 11.1. The summed E-state index contributed by atoms with van der Waals surface area (Å²) in [7, 11) is 0. The first-order chi connectivity index (χ1) is 6.95. The van der Waals surface area contributed by atoms with Crippen molar-refractivity contribution in [2.45, 2.75) is 19.1 Å². The van der Waals surface area contributed by atoms with Crippen molar-refractivity contribution >= 4 is 0 Å². The van der Waals surface area contributed by atoms with Gasteiger partial charge in [0.15, 0.2) is 0 Å². The highest BCUT2D eigenvalue weighted by molar-refractivity contribution is 5.13.